The van der Waals surface area contributed by atoms with Gasteiger partial charge in [0.15, 0.2) is 0 Å². The molecule has 8 heteroatoms. The molecule has 0 bridgehead atoms. The molecule has 1 N–H and O–H groups in total. The Bertz CT molecular complexity index is 1410. The fourth-order valence-corrected chi connectivity index (χ4v) is 5.22. The van der Waals surface area contributed by atoms with Crippen LogP contribution in [0.1, 0.15) is 48.1 Å². The van der Waals surface area contributed by atoms with Crippen LogP contribution >= 0.6 is 0 Å². The Hall–Kier alpha value is -3.65. The zero-order valence-electron chi connectivity index (χ0n) is 24.3. The van der Waals surface area contributed by atoms with Gasteiger partial charge >= 0.3 is 0 Å². The van der Waals surface area contributed by atoms with Gasteiger partial charge < -0.3 is 10.2 Å². The fraction of sp³-hybridized carbons (Fsp3) is 0.375. The maximum absolute atomic E-state index is 14.1. The lowest BCUT2D eigenvalue weighted by atomic mass is 10.0. The van der Waals surface area contributed by atoms with Crippen molar-refractivity contribution in [3.8, 4) is 0 Å². The maximum Gasteiger partial charge on any atom is 0.244 e. The van der Waals surface area contributed by atoms with E-state index >= 15 is 0 Å². The van der Waals surface area contributed by atoms with E-state index in [0.29, 0.717) is 12.1 Å². The van der Waals surface area contributed by atoms with E-state index in [-0.39, 0.29) is 18.5 Å². The first-order chi connectivity index (χ1) is 18.9. The summed E-state index contributed by atoms with van der Waals surface area (Å²) < 4.78 is 27.0. The smallest absolute Gasteiger partial charge is 0.244 e. The number of carbonyl (C=O) groups is 2. The number of hydrogen-bond acceptors (Lipinski definition) is 4. The van der Waals surface area contributed by atoms with Gasteiger partial charge in [0.25, 0.3) is 0 Å². The largest absolute Gasteiger partial charge is 0.352 e. The summed E-state index contributed by atoms with van der Waals surface area (Å²) in [6, 6.07) is 21.7. The molecule has 3 aromatic carbocycles. The SMILES string of the molecule is CC[C@H](C)NC(=O)[C@@H](Cc1ccccc1)N(Cc1ccc(C)cc1)C(=O)CN(c1ccc(C)c(C)c1)S(C)(=O)=O. The van der Waals surface area contributed by atoms with E-state index < -0.39 is 28.5 Å². The molecule has 0 aliphatic rings. The number of benzene rings is 3. The van der Waals surface area contributed by atoms with Crippen molar-refractivity contribution in [1.29, 1.82) is 0 Å². The summed E-state index contributed by atoms with van der Waals surface area (Å²) >= 11 is 0. The molecule has 0 aromatic heterocycles. The summed E-state index contributed by atoms with van der Waals surface area (Å²) in [6.45, 7) is 9.49. The summed E-state index contributed by atoms with van der Waals surface area (Å²) in [5, 5.41) is 3.04. The molecular weight excluding hydrogens is 522 g/mol. The van der Waals surface area contributed by atoms with Crippen molar-refractivity contribution in [3.63, 3.8) is 0 Å². The molecule has 7 nitrogen and oxygen atoms in total. The molecule has 3 rings (SSSR count). The van der Waals surface area contributed by atoms with Crippen molar-refractivity contribution >= 4 is 27.5 Å². The number of aryl methyl sites for hydroxylation is 3. The molecule has 2 amide bonds. The van der Waals surface area contributed by atoms with Crippen LogP contribution in [0.5, 0.6) is 0 Å². The highest BCUT2D eigenvalue weighted by molar-refractivity contribution is 7.92. The minimum absolute atomic E-state index is 0.0786. The second-order valence-corrected chi connectivity index (χ2v) is 12.5. The summed E-state index contributed by atoms with van der Waals surface area (Å²) in [4.78, 5) is 29.4. The quantitative estimate of drug-likeness (QED) is 0.339. The van der Waals surface area contributed by atoms with Crippen LogP contribution < -0.4 is 9.62 Å². The number of anilines is 1. The number of rotatable bonds is 12. The molecule has 0 aliphatic heterocycles. The van der Waals surface area contributed by atoms with Gasteiger partial charge in [-0.05, 0) is 68.5 Å². The van der Waals surface area contributed by atoms with Gasteiger partial charge in [0.05, 0.1) is 11.9 Å². The third-order valence-corrected chi connectivity index (χ3v) is 8.34. The first-order valence-electron chi connectivity index (χ1n) is 13.6. The van der Waals surface area contributed by atoms with Crippen molar-refractivity contribution < 1.29 is 18.0 Å². The van der Waals surface area contributed by atoms with Crippen molar-refractivity contribution in [2.45, 2.75) is 66.1 Å². The molecule has 2 atom stereocenters. The molecule has 0 saturated carbocycles. The number of carbonyl (C=O) groups excluding carboxylic acids is 2. The Kier molecular flexibility index (Phi) is 10.5. The summed E-state index contributed by atoms with van der Waals surface area (Å²) in [7, 11) is -3.80. The lowest BCUT2D eigenvalue weighted by molar-refractivity contribution is -0.140. The minimum Gasteiger partial charge on any atom is -0.352 e. The second-order valence-electron chi connectivity index (χ2n) is 10.6. The van der Waals surface area contributed by atoms with E-state index in [1.807, 2.05) is 95.3 Å². The zero-order chi connectivity index (χ0) is 29.4. The van der Waals surface area contributed by atoms with Crippen LogP contribution in [0.2, 0.25) is 0 Å². The Balaban J connectivity index is 2.06. The number of nitrogens with one attached hydrogen (secondary N) is 1. The lowest BCUT2D eigenvalue weighted by Gasteiger charge is -2.34. The van der Waals surface area contributed by atoms with Crippen molar-refractivity contribution in [1.82, 2.24) is 10.2 Å². The molecule has 0 radical (unpaired) electrons. The summed E-state index contributed by atoms with van der Waals surface area (Å²) in [5.41, 5.74) is 5.19. The Morgan fingerprint density at radius 2 is 1.52 bits per heavy atom. The van der Waals surface area contributed by atoms with E-state index in [1.54, 1.807) is 12.1 Å². The molecule has 0 heterocycles. The molecule has 0 fully saturated rings. The van der Waals surface area contributed by atoms with Crippen LogP contribution in [0.25, 0.3) is 0 Å². The van der Waals surface area contributed by atoms with Gasteiger partial charge in [0.1, 0.15) is 12.6 Å². The molecule has 3 aromatic rings. The van der Waals surface area contributed by atoms with Gasteiger partial charge in [0.2, 0.25) is 21.8 Å². The Morgan fingerprint density at radius 1 is 0.875 bits per heavy atom. The molecular formula is C32H41N3O4S. The maximum atomic E-state index is 14.1. The van der Waals surface area contributed by atoms with Crippen LogP contribution in [-0.2, 0) is 32.6 Å². The highest BCUT2D eigenvalue weighted by atomic mass is 32.2. The van der Waals surface area contributed by atoms with Crippen molar-refractivity contribution in [2.75, 3.05) is 17.1 Å². The summed E-state index contributed by atoms with van der Waals surface area (Å²) in [6.07, 6.45) is 2.13. The third kappa shape index (κ3) is 8.42. The number of amides is 2. The molecule has 0 spiro atoms. The van der Waals surface area contributed by atoms with E-state index in [2.05, 4.69) is 5.32 Å². The standard InChI is InChI=1S/C32H41N3O4S/c1-7-26(5)33-32(37)30(20-27-11-9-8-10-12-27)34(21-28-16-13-23(2)14-17-28)31(36)22-35(40(6,38)39)29-18-15-24(3)25(4)19-29/h8-19,26,30H,7,20-22H2,1-6H3,(H,33,37)/t26-,30+/m0/s1. The minimum atomic E-state index is -3.80. The fourth-order valence-electron chi connectivity index (χ4n) is 4.38. The first-order valence-corrected chi connectivity index (χ1v) is 15.5. The van der Waals surface area contributed by atoms with E-state index in [4.69, 9.17) is 0 Å². The third-order valence-electron chi connectivity index (χ3n) is 7.20. The topological polar surface area (TPSA) is 86.8 Å². The number of hydrogen-bond donors (Lipinski definition) is 1. The van der Waals surface area contributed by atoms with Gasteiger partial charge in [-0.1, -0.05) is 73.2 Å². The van der Waals surface area contributed by atoms with Gasteiger partial charge in [-0.25, -0.2) is 8.42 Å². The normalized spacial score (nSPS) is 12.8. The molecule has 40 heavy (non-hydrogen) atoms. The predicted octanol–water partition coefficient (Wildman–Crippen LogP) is 4.93. The predicted molar refractivity (Wildman–Crippen MR) is 162 cm³/mol. The number of sulfonamides is 1. The lowest BCUT2D eigenvalue weighted by Crippen LogP contribution is -2.54. The van der Waals surface area contributed by atoms with Crippen molar-refractivity contribution in [2.24, 2.45) is 0 Å². The van der Waals surface area contributed by atoms with E-state index in [9.17, 15) is 18.0 Å². The van der Waals surface area contributed by atoms with Crippen LogP contribution in [0, 0.1) is 20.8 Å². The molecule has 0 aliphatic carbocycles. The average Bonchev–Trinajstić information content (AvgIpc) is 2.91. The molecule has 0 saturated heterocycles. The summed E-state index contributed by atoms with van der Waals surface area (Å²) in [5.74, 6) is -0.722. The van der Waals surface area contributed by atoms with Crippen molar-refractivity contribution in [3.05, 3.63) is 101 Å². The Labute approximate surface area is 239 Å². The van der Waals surface area contributed by atoms with Crippen LogP contribution in [0.4, 0.5) is 5.69 Å². The number of nitrogens with zero attached hydrogens (tertiary/aromatic N) is 2. The van der Waals surface area contributed by atoms with Gasteiger partial charge in [-0.2, -0.15) is 0 Å². The van der Waals surface area contributed by atoms with Gasteiger partial charge in [-0.3, -0.25) is 13.9 Å². The molecule has 0 unspecified atom stereocenters. The molecule has 214 valence electrons. The van der Waals surface area contributed by atoms with Gasteiger partial charge in [-0.15, -0.1) is 0 Å². The van der Waals surface area contributed by atoms with E-state index in [1.165, 1.54) is 4.90 Å². The highest BCUT2D eigenvalue weighted by Gasteiger charge is 2.33. The monoisotopic (exact) mass is 563 g/mol. The van der Waals surface area contributed by atoms with Gasteiger partial charge in [0, 0.05) is 19.0 Å². The second kappa shape index (κ2) is 13.6. The highest BCUT2D eigenvalue weighted by Crippen LogP contribution is 2.23. The first kappa shape index (κ1) is 30.9. The average molecular weight is 564 g/mol. The van der Waals surface area contributed by atoms with Crippen LogP contribution in [-0.4, -0.2) is 50.0 Å². The van der Waals surface area contributed by atoms with E-state index in [0.717, 1.165) is 44.8 Å². The Morgan fingerprint density at radius 3 is 2.10 bits per heavy atom. The van der Waals surface area contributed by atoms with Crippen LogP contribution in [0.15, 0.2) is 72.8 Å². The van der Waals surface area contributed by atoms with Crippen LogP contribution in [0.3, 0.4) is 0 Å². The zero-order valence-corrected chi connectivity index (χ0v) is 25.2.